The van der Waals surface area contributed by atoms with Crippen molar-refractivity contribution in [3.8, 4) is 5.75 Å². The van der Waals surface area contributed by atoms with Crippen LogP contribution >= 0.6 is 11.3 Å². The lowest BCUT2D eigenvalue weighted by Gasteiger charge is -2.19. The first-order valence-electron chi connectivity index (χ1n) is 7.12. The molecule has 0 unspecified atom stereocenters. The van der Waals surface area contributed by atoms with Gasteiger partial charge in [0.05, 0.1) is 19.3 Å². The van der Waals surface area contributed by atoms with Gasteiger partial charge in [-0.25, -0.2) is 4.98 Å². The third-order valence-electron chi connectivity index (χ3n) is 3.99. The second-order valence-corrected chi connectivity index (χ2v) is 6.18. The minimum Gasteiger partial charge on any atom is -0.497 e. The molecule has 1 aliphatic rings. The van der Waals surface area contributed by atoms with Gasteiger partial charge < -0.3 is 9.64 Å². The first-order chi connectivity index (χ1) is 10.7. The van der Waals surface area contributed by atoms with Crippen LogP contribution in [0.1, 0.15) is 11.3 Å². The third-order valence-corrected chi connectivity index (χ3v) is 4.74. The van der Waals surface area contributed by atoms with Gasteiger partial charge in [-0.1, -0.05) is 0 Å². The minimum absolute atomic E-state index is 0.0181. The molecule has 2 aromatic heterocycles. The monoisotopic (exact) mass is 313 g/mol. The van der Waals surface area contributed by atoms with Gasteiger partial charge in [0.25, 0.3) is 5.56 Å². The average molecular weight is 313 g/mol. The first kappa shape index (κ1) is 13.3. The summed E-state index contributed by atoms with van der Waals surface area (Å²) < 4.78 is 6.85. The van der Waals surface area contributed by atoms with Crippen LogP contribution in [-0.4, -0.2) is 23.0 Å². The van der Waals surface area contributed by atoms with Gasteiger partial charge in [-0.05, 0) is 30.2 Å². The van der Waals surface area contributed by atoms with E-state index in [0.717, 1.165) is 29.4 Å². The highest BCUT2D eigenvalue weighted by Gasteiger charge is 2.20. The predicted octanol–water partition coefficient (Wildman–Crippen LogP) is 2.33. The summed E-state index contributed by atoms with van der Waals surface area (Å²) in [5.74, 6) is 0.886. The summed E-state index contributed by atoms with van der Waals surface area (Å²) in [6.07, 6.45) is 2.75. The quantitative estimate of drug-likeness (QED) is 0.744. The van der Waals surface area contributed by atoms with Gasteiger partial charge >= 0.3 is 0 Å². The van der Waals surface area contributed by atoms with Crippen LogP contribution in [0.3, 0.4) is 0 Å². The smallest absolute Gasteiger partial charge is 0.258 e. The molecule has 5 nitrogen and oxygen atoms in total. The molecule has 0 atom stereocenters. The Hall–Kier alpha value is -2.34. The Bertz CT molecular complexity index is 900. The van der Waals surface area contributed by atoms with Gasteiger partial charge in [0.1, 0.15) is 5.75 Å². The van der Waals surface area contributed by atoms with Gasteiger partial charge in [-0.15, -0.1) is 11.3 Å². The molecular weight excluding hydrogens is 298 g/mol. The van der Waals surface area contributed by atoms with Crippen molar-refractivity contribution in [2.75, 3.05) is 18.6 Å². The minimum atomic E-state index is -0.0181. The van der Waals surface area contributed by atoms with Crippen molar-refractivity contribution in [1.82, 2.24) is 9.38 Å². The molecular formula is C16H15N3O2S. The summed E-state index contributed by atoms with van der Waals surface area (Å²) in [6, 6.07) is 7.76. The molecule has 1 aliphatic heterocycles. The molecule has 3 heterocycles. The largest absolute Gasteiger partial charge is 0.497 e. The highest BCUT2D eigenvalue weighted by Crippen LogP contribution is 2.32. The Balaban J connectivity index is 1.66. The molecule has 0 amide bonds. The van der Waals surface area contributed by atoms with Crippen LogP contribution in [0, 0.1) is 0 Å². The maximum Gasteiger partial charge on any atom is 0.258 e. The number of thiazole rings is 1. The van der Waals surface area contributed by atoms with Crippen LogP contribution in [0.5, 0.6) is 5.75 Å². The Morgan fingerprint density at radius 1 is 1.36 bits per heavy atom. The van der Waals surface area contributed by atoms with Crippen LogP contribution in [0.2, 0.25) is 0 Å². The number of fused-ring (bicyclic) bond motifs is 2. The topological polar surface area (TPSA) is 46.8 Å². The number of nitrogens with zero attached hydrogens (tertiary/aromatic N) is 3. The molecule has 6 heteroatoms. The number of ether oxygens (including phenoxy) is 1. The van der Waals surface area contributed by atoms with E-state index in [1.54, 1.807) is 23.8 Å². The van der Waals surface area contributed by atoms with Gasteiger partial charge in [-0.3, -0.25) is 9.20 Å². The van der Waals surface area contributed by atoms with Crippen LogP contribution < -0.4 is 15.2 Å². The van der Waals surface area contributed by atoms with Crippen molar-refractivity contribution < 1.29 is 4.74 Å². The molecule has 0 aliphatic carbocycles. The second kappa shape index (κ2) is 5.14. The fraction of sp³-hybridized carbons (Fsp3) is 0.250. The second-order valence-electron chi connectivity index (χ2n) is 5.31. The number of methoxy groups -OCH3 is 1. The summed E-state index contributed by atoms with van der Waals surface area (Å²) in [5.41, 5.74) is 3.29. The highest BCUT2D eigenvalue weighted by atomic mass is 32.1. The molecule has 3 aromatic rings. The lowest BCUT2D eigenvalue weighted by Crippen LogP contribution is -2.22. The van der Waals surface area contributed by atoms with E-state index in [4.69, 9.17) is 4.74 Å². The number of hydrogen-bond donors (Lipinski definition) is 0. The molecule has 0 spiro atoms. The highest BCUT2D eigenvalue weighted by molar-refractivity contribution is 7.15. The maximum absolute atomic E-state index is 12.1. The zero-order valence-corrected chi connectivity index (χ0v) is 13.0. The Kier molecular flexibility index (Phi) is 3.11. The number of rotatable bonds is 3. The zero-order valence-electron chi connectivity index (χ0n) is 12.2. The molecule has 1 aromatic carbocycles. The van der Waals surface area contributed by atoms with Gasteiger partial charge in [0, 0.05) is 29.9 Å². The van der Waals surface area contributed by atoms with Crippen molar-refractivity contribution in [2.24, 2.45) is 0 Å². The van der Waals surface area contributed by atoms with Crippen molar-refractivity contribution in [2.45, 2.75) is 13.0 Å². The summed E-state index contributed by atoms with van der Waals surface area (Å²) in [4.78, 5) is 19.7. The van der Waals surface area contributed by atoms with Crippen molar-refractivity contribution >= 4 is 22.0 Å². The predicted molar refractivity (Wildman–Crippen MR) is 87.1 cm³/mol. The van der Waals surface area contributed by atoms with E-state index in [1.165, 1.54) is 22.6 Å². The third kappa shape index (κ3) is 2.16. The van der Waals surface area contributed by atoms with E-state index in [-0.39, 0.29) is 5.56 Å². The Morgan fingerprint density at radius 3 is 3.14 bits per heavy atom. The number of hydrogen-bond acceptors (Lipinski definition) is 5. The summed E-state index contributed by atoms with van der Waals surface area (Å²) in [7, 11) is 1.68. The summed E-state index contributed by atoms with van der Waals surface area (Å²) in [6.45, 7) is 1.59. The first-order valence-corrected chi connectivity index (χ1v) is 8.00. The number of aromatic nitrogens is 2. The SMILES string of the molecule is COc1ccc2c(c1)CCN2Cc1cc(=O)n2ccsc2n1. The molecule has 0 radical (unpaired) electrons. The van der Waals surface area contributed by atoms with E-state index in [1.807, 2.05) is 11.4 Å². The fourth-order valence-electron chi connectivity index (χ4n) is 2.90. The normalized spacial score (nSPS) is 13.6. The van der Waals surface area contributed by atoms with Crippen molar-refractivity contribution in [3.05, 3.63) is 57.5 Å². The van der Waals surface area contributed by atoms with Crippen LogP contribution in [0.15, 0.2) is 40.6 Å². The molecule has 0 bridgehead atoms. The number of anilines is 1. The van der Waals surface area contributed by atoms with Crippen molar-refractivity contribution in [3.63, 3.8) is 0 Å². The van der Waals surface area contributed by atoms with E-state index in [9.17, 15) is 4.79 Å². The van der Waals surface area contributed by atoms with Crippen LogP contribution in [0.4, 0.5) is 5.69 Å². The van der Waals surface area contributed by atoms with E-state index < -0.39 is 0 Å². The van der Waals surface area contributed by atoms with Gasteiger partial charge in [0.15, 0.2) is 4.96 Å². The van der Waals surface area contributed by atoms with E-state index in [0.29, 0.717) is 6.54 Å². The maximum atomic E-state index is 12.1. The molecule has 0 fully saturated rings. The van der Waals surface area contributed by atoms with Crippen LogP contribution in [-0.2, 0) is 13.0 Å². The van der Waals surface area contributed by atoms with Gasteiger partial charge in [-0.2, -0.15) is 0 Å². The van der Waals surface area contributed by atoms with E-state index >= 15 is 0 Å². The zero-order chi connectivity index (χ0) is 15.1. The van der Waals surface area contributed by atoms with Crippen molar-refractivity contribution in [1.29, 1.82) is 0 Å². The Labute approximate surface area is 131 Å². The number of benzene rings is 1. The molecule has 4 rings (SSSR count). The average Bonchev–Trinajstić information content (AvgIpc) is 3.14. The molecule has 112 valence electrons. The van der Waals surface area contributed by atoms with Gasteiger partial charge in [0.2, 0.25) is 0 Å². The molecule has 0 saturated heterocycles. The molecule has 22 heavy (non-hydrogen) atoms. The Morgan fingerprint density at radius 2 is 2.27 bits per heavy atom. The molecule has 0 saturated carbocycles. The van der Waals surface area contributed by atoms with Crippen LogP contribution in [0.25, 0.3) is 4.96 Å². The lowest BCUT2D eigenvalue weighted by atomic mass is 10.1. The standard InChI is InChI=1S/C16H15N3O2S/c1-21-13-2-3-14-11(8-13)4-5-18(14)10-12-9-15(20)19-6-7-22-16(19)17-12/h2-3,6-9H,4-5,10H2,1H3. The summed E-state index contributed by atoms with van der Waals surface area (Å²) >= 11 is 1.48. The fourth-order valence-corrected chi connectivity index (χ4v) is 3.64. The lowest BCUT2D eigenvalue weighted by molar-refractivity contribution is 0.414. The summed E-state index contributed by atoms with van der Waals surface area (Å²) in [5, 5.41) is 1.88. The van der Waals surface area contributed by atoms with E-state index in [2.05, 4.69) is 22.0 Å². The molecule has 0 N–H and O–H groups in total.